The second-order valence-corrected chi connectivity index (χ2v) is 6.81. The number of pyridine rings is 1. The van der Waals surface area contributed by atoms with Crippen LogP contribution in [0.15, 0.2) is 42.6 Å². The van der Waals surface area contributed by atoms with Crippen LogP contribution in [0.1, 0.15) is 30.1 Å². The zero-order chi connectivity index (χ0) is 19.9. The zero-order valence-electron chi connectivity index (χ0n) is 15.4. The minimum absolute atomic E-state index is 0.124. The first-order valence-corrected chi connectivity index (χ1v) is 9.37. The Morgan fingerprint density at radius 3 is 2.71 bits per heavy atom. The number of halogens is 1. The quantitative estimate of drug-likeness (QED) is 0.711. The van der Waals surface area contributed by atoms with Crippen molar-refractivity contribution in [1.82, 2.24) is 4.98 Å². The van der Waals surface area contributed by atoms with Gasteiger partial charge in [0.1, 0.15) is 18.2 Å². The Morgan fingerprint density at radius 1 is 1.29 bits per heavy atom. The molecule has 8 heteroatoms. The molecule has 1 fully saturated rings. The predicted octanol–water partition coefficient (Wildman–Crippen LogP) is 3.48. The fraction of sp³-hybridized carbons (Fsp3) is 0.350. The molecule has 3 rings (SSSR count). The summed E-state index contributed by atoms with van der Waals surface area (Å²) in [5, 5.41) is 3.02. The van der Waals surface area contributed by atoms with Gasteiger partial charge in [0.05, 0.1) is 16.7 Å². The maximum atomic E-state index is 12.2. The molecule has 0 aliphatic carbocycles. The highest BCUT2D eigenvalue weighted by Crippen LogP contribution is 2.17. The van der Waals surface area contributed by atoms with E-state index in [9.17, 15) is 9.59 Å². The van der Waals surface area contributed by atoms with Gasteiger partial charge < -0.3 is 19.5 Å². The normalized spacial score (nSPS) is 17.0. The molecule has 28 heavy (non-hydrogen) atoms. The Bertz CT molecular complexity index is 804. The molecule has 0 bridgehead atoms. The first kappa shape index (κ1) is 20.1. The highest BCUT2D eigenvalue weighted by molar-refractivity contribution is 6.30. The number of benzene rings is 1. The SMILES string of the molecule is C[C@@H](OC(=O)c1ccc(OC[C@@H]2CCCO2)cc1)C(=O)Nc1ccc(Cl)cn1. The number of esters is 1. The number of carbonyl (C=O) groups excluding carboxylic acids is 2. The van der Waals surface area contributed by atoms with Gasteiger partial charge in [-0.05, 0) is 56.2 Å². The van der Waals surface area contributed by atoms with Gasteiger partial charge in [-0.15, -0.1) is 0 Å². The van der Waals surface area contributed by atoms with E-state index in [0.29, 0.717) is 28.8 Å². The summed E-state index contributed by atoms with van der Waals surface area (Å²) in [4.78, 5) is 28.3. The van der Waals surface area contributed by atoms with Crippen LogP contribution < -0.4 is 10.1 Å². The van der Waals surface area contributed by atoms with Crippen LogP contribution in [0.5, 0.6) is 5.75 Å². The molecule has 2 atom stereocenters. The lowest BCUT2D eigenvalue weighted by molar-refractivity contribution is -0.123. The summed E-state index contributed by atoms with van der Waals surface area (Å²) < 4.78 is 16.4. The lowest BCUT2D eigenvalue weighted by Gasteiger charge is -2.14. The number of hydrogen-bond donors (Lipinski definition) is 1. The molecule has 148 valence electrons. The second-order valence-electron chi connectivity index (χ2n) is 6.37. The topological polar surface area (TPSA) is 86.8 Å². The van der Waals surface area contributed by atoms with Crippen molar-refractivity contribution in [2.75, 3.05) is 18.5 Å². The van der Waals surface area contributed by atoms with Gasteiger partial charge in [0.15, 0.2) is 6.10 Å². The number of amides is 1. The highest BCUT2D eigenvalue weighted by atomic mass is 35.5. The fourth-order valence-corrected chi connectivity index (χ4v) is 2.72. The molecule has 0 unspecified atom stereocenters. The maximum absolute atomic E-state index is 12.2. The Hall–Kier alpha value is -2.64. The summed E-state index contributed by atoms with van der Waals surface area (Å²) in [5.74, 6) is -0.117. The number of ether oxygens (including phenoxy) is 3. The van der Waals surface area contributed by atoms with Gasteiger partial charge in [-0.3, -0.25) is 4.79 Å². The number of aromatic nitrogens is 1. The van der Waals surface area contributed by atoms with Crippen molar-refractivity contribution in [2.24, 2.45) is 0 Å². The predicted molar refractivity (Wildman–Crippen MR) is 104 cm³/mol. The van der Waals surface area contributed by atoms with Gasteiger partial charge in [0, 0.05) is 12.8 Å². The number of nitrogens with one attached hydrogen (secondary N) is 1. The lowest BCUT2D eigenvalue weighted by atomic mass is 10.2. The molecular formula is C20H21ClN2O5. The van der Waals surface area contributed by atoms with Crippen molar-refractivity contribution in [2.45, 2.75) is 32.0 Å². The molecule has 1 aromatic carbocycles. The molecule has 1 N–H and O–H groups in total. The van der Waals surface area contributed by atoms with E-state index in [1.165, 1.54) is 13.1 Å². The third-order valence-corrected chi connectivity index (χ3v) is 4.41. The maximum Gasteiger partial charge on any atom is 0.338 e. The zero-order valence-corrected chi connectivity index (χ0v) is 16.1. The molecular weight excluding hydrogens is 384 g/mol. The summed E-state index contributed by atoms with van der Waals surface area (Å²) in [6.07, 6.45) is 2.60. The van der Waals surface area contributed by atoms with Crippen LogP contribution in [0.4, 0.5) is 5.82 Å². The monoisotopic (exact) mass is 404 g/mol. The summed E-state index contributed by atoms with van der Waals surface area (Å²) >= 11 is 5.75. The van der Waals surface area contributed by atoms with Gasteiger partial charge in [-0.25, -0.2) is 9.78 Å². The average molecular weight is 405 g/mol. The molecule has 2 aromatic rings. The third kappa shape index (κ3) is 5.68. The van der Waals surface area contributed by atoms with E-state index in [1.807, 2.05) is 0 Å². The molecule has 0 spiro atoms. The number of rotatable bonds is 7. The van der Waals surface area contributed by atoms with Crippen molar-refractivity contribution in [3.05, 3.63) is 53.2 Å². The van der Waals surface area contributed by atoms with E-state index in [4.69, 9.17) is 25.8 Å². The Morgan fingerprint density at radius 2 is 2.07 bits per heavy atom. The molecule has 1 aliphatic heterocycles. The van der Waals surface area contributed by atoms with E-state index >= 15 is 0 Å². The van der Waals surface area contributed by atoms with Crippen molar-refractivity contribution < 1.29 is 23.8 Å². The average Bonchev–Trinajstić information content (AvgIpc) is 3.22. The van der Waals surface area contributed by atoms with E-state index < -0.39 is 18.0 Å². The van der Waals surface area contributed by atoms with Crippen LogP contribution in [0.25, 0.3) is 0 Å². The number of carbonyl (C=O) groups is 2. The van der Waals surface area contributed by atoms with Crippen molar-refractivity contribution in [1.29, 1.82) is 0 Å². The second kappa shape index (κ2) is 9.52. The van der Waals surface area contributed by atoms with E-state index in [2.05, 4.69) is 10.3 Å². The van der Waals surface area contributed by atoms with Crippen LogP contribution in [-0.2, 0) is 14.3 Å². The summed E-state index contributed by atoms with van der Waals surface area (Å²) in [5.41, 5.74) is 0.328. The Labute approximate surface area is 168 Å². The van der Waals surface area contributed by atoms with E-state index in [0.717, 1.165) is 19.4 Å². The van der Waals surface area contributed by atoms with Gasteiger partial charge in [-0.2, -0.15) is 0 Å². The molecule has 2 heterocycles. The minimum Gasteiger partial charge on any atom is -0.491 e. The first-order valence-electron chi connectivity index (χ1n) is 8.99. The van der Waals surface area contributed by atoms with Crippen molar-refractivity contribution in [3.63, 3.8) is 0 Å². The van der Waals surface area contributed by atoms with Gasteiger partial charge in [0.25, 0.3) is 5.91 Å². The van der Waals surface area contributed by atoms with Crippen LogP contribution in [0, 0.1) is 0 Å². The standard InChI is InChI=1S/C20H21ClN2O5/c1-13(19(24)23-18-9-6-15(21)11-22-18)28-20(25)14-4-7-16(8-5-14)27-12-17-3-2-10-26-17/h4-9,11,13,17H,2-3,10,12H2,1H3,(H,22,23,24)/t13-,17+/m1/s1. The number of nitrogens with zero attached hydrogens (tertiary/aromatic N) is 1. The molecule has 0 saturated carbocycles. The van der Waals surface area contributed by atoms with Gasteiger partial charge in [-0.1, -0.05) is 11.6 Å². The molecule has 1 saturated heterocycles. The Kier molecular flexibility index (Phi) is 6.84. The molecule has 1 aliphatic rings. The highest BCUT2D eigenvalue weighted by Gasteiger charge is 2.20. The summed E-state index contributed by atoms with van der Waals surface area (Å²) in [7, 11) is 0. The number of anilines is 1. The molecule has 7 nitrogen and oxygen atoms in total. The molecule has 1 amide bonds. The summed E-state index contributed by atoms with van der Waals surface area (Å²) in [6.45, 7) is 2.75. The smallest absolute Gasteiger partial charge is 0.338 e. The third-order valence-electron chi connectivity index (χ3n) is 4.18. The van der Waals surface area contributed by atoms with Crippen LogP contribution >= 0.6 is 11.6 Å². The van der Waals surface area contributed by atoms with E-state index in [1.54, 1.807) is 36.4 Å². The first-order chi connectivity index (χ1) is 13.5. The fourth-order valence-electron chi connectivity index (χ4n) is 2.61. The van der Waals surface area contributed by atoms with Gasteiger partial charge in [0.2, 0.25) is 0 Å². The van der Waals surface area contributed by atoms with Gasteiger partial charge >= 0.3 is 5.97 Å². The lowest BCUT2D eigenvalue weighted by Crippen LogP contribution is -2.30. The van der Waals surface area contributed by atoms with E-state index in [-0.39, 0.29) is 6.10 Å². The largest absolute Gasteiger partial charge is 0.491 e. The van der Waals surface area contributed by atoms with Crippen molar-refractivity contribution >= 4 is 29.3 Å². The van der Waals surface area contributed by atoms with Crippen molar-refractivity contribution in [3.8, 4) is 5.75 Å². The Balaban J connectivity index is 1.48. The van der Waals surface area contributed by atoms with Crippen LogP contribution in [0.2, 0.25) is 5.02 Å². The summed E-state index contributed by atoms with van der Waals surface area (Å²) in [6, 6.07) is 9.73. The van der Waals surface area contributed by atoms with Crippen LogP contribution in [-0.4, -0.2) is 42.3 Å². The number of hydrogen-bond acceptors (Lipinski definition) is 6. The molecule has 1 aromatic heterocycles. The van der Waals surface area contributed by atoms with Crippen LogP contribution in [0.3, 0.4) is 0 Å². The minimum atomic E-state index is -0.986. The molecule has 0 radical (unpaired) electrons.